The van der Waals surface area contributed by atoms with Gasteiger partial charge in [-0.05, 0) is 35.9 Å². The van der Waals surface area contributed by atoms with Gasteiger partial charge in [0.05, 0.1) is 10.6 Å². The summed E-state index contributed by atoms with van der Waals surface area (Å²) >= 11 is 0. The molecule has 0 aliphatic rings. The first kappa shape index (κ1) is 22.7. The molecule has 5 nitrogen and oxygen atoms in total. The lowest BCUT2D eigenvalue weighted by atomic mass is 9.88. The van der Waals surface area contributed by atoms with E-state index in [9.17, 15) is 13.2 Å². The number of carbonyl (C=O) groups is 1. The smallest absolute Gasteiger partial charge is 0.185 e. The zero-order valence-electron chi connectivity index (χ0n) is 18.3. The Morgan fingerprint density at radius 3 is 2.29 bits per heavy atom. The first-order chi connectivity index (χ1) is 14.5. The highest BCUT2D eigenvalue weighted by molar-refractivity contribution is 7.92. The first-order valence-electron chi connectivity index (χ1n) is 10.2. The molecule has 0 spiro atoms. The summed E-state index contributed by atoms with van der Waals surface area (Å²) in [7, 11) is -3.83. The summed E-state index contributed by atoms with van der Waals surface area (Å²) < 4.78 is 25.7. The number of nitrogen functional groups attached to an aromatic ring is 1. The van der Waals surface area contributed by atoms with Crippen molar-refractivity contribution < 1.29 is 13.2 Å². The van der Waals surface area contributed by atoms with Gasteiger partial charge in [0.2, 0.25) is 0 Å². The van der Waals surface area contributed by atoms with Crippen molar-refractivity contribution in [1.82, 2.24) is 4.98 Å². The van der Waals surface area contributed by atoms with E-state index in [2.05, 4.69) is 20.8 Å². The lowest BCUT2D eigenvalue weighted by Crippen LogP contribution is -2.22. The molecule has 2 N–H and O–H groups in total. The van der Waals surface area contributed by atoms with Crippen LogP contribution in [0.3, 0.4) is 0 Å². The number of anilines is 1. The summed E-state index contributed by atoms with van der Waals surface area (Å²) in [5, 5.41) is 0. The highest BCUT2D eigenvalue weighted by Gasteiger charge is 2.27. The van der Waals surface area contributed by atoms with Gasteiger partial charge in [0.1, 0.15) is 5.75 Å². The van der Waals surface area contributed by atoms with Gasteiger partial charge in [-0.3, -0.25) is 9.78 Å². The van der Waals surface area contributed by atoms with Gasteiger partial charge >= 0.3 is 0 Å². The van der Waals surface area contributed by atoms with Crippen LogP contribution in [0, 0.1) is 0 Å². The summed E-state index contributed by atoms with van der Waals surface area (Å²) in [6.45, 7) is 8.14. The lowest BCUT2D eigenvalue weighted by molar-refractivity contribution is 0.101. The molecule has 31 heavy (non-hydrogen) atoms. The molecule has 1 aromatic heterocycles. The molecule has 3 aromatic rings. The molecule has 162 valence electrons. The molecule has 0 saturated carbocycles. The van der Waals surface area contributed by atoms with E-state index in [1.807, 2.05) is 43.3 Å². The summed E-state index contributed by atoms with van der Waals surface area (Å²) in [5.41, 5.74) is 8.63. The molecule has 1 atom stereocenters. The fourth-order valence-corrected chi connectivity index (χ4v) is 4.67. The van der Waals surface area contributed by atoms with Crippen LogP contribution in [0.5, 0.6) is 0 Å². The minimum absolute atomic E-state index is 0.0396. The zero-order valence-corrected chi connectivity index (χ0v) is 19.1. The maximum absolute atomic E-state index is 13.2. The maximum Gasteiger partial charge on any atom is 0.185 e. The summed E-state index contributed by atoms with van der Waals surface area (Å²) in [4.78, 5) is 18.0. The third-order valence-electron chi connectivity index (χ3n) is 5.24. The first-order valence-corrected chi connectivity index (χ1v) is 11.8. The van der Waals surface area contributed by atoms with Crippen molar-refractivity contribution in [2.45, 2.75) is 43.9 Å². The van der Waals surface area contributed by atoms with Crippen LogP contribution in [-0.2, 0) is 15.3 Å². The van der Waals surface area contributed by atoms with Gasteiger partial charge in [-0.25, -0.2) is 8.42 Å². The minimum atomic E-state index is -3.83. The van der Waals surface area contributed by atoms with Crippen molar-refractivity contribution in [2.24, 2.45) is 0 Å². The number of hydrogen-bond acceptors (Lipinski definition) is 5. The van der Waals surface area contributed by atoms with Crippen molar-refractivity contribution in [2.75, 3.05) is 11.5 Å². The van der Waals surface area contributed by atoms with Crippen molar-refractivity contribution in [3.8, 4) is 0 Å². The molecule has 0 saturated heterocycles. The SMILES string of the molecule is CC(c1ccccc1)c1nc(C(C)(C)C)ccc1C(=O)CS(=O)(=O)c1cccc(N)c1. The number of Topliss-reactive ketones (excluding diaryl/α,β-unsaturated/α-hetero) is 1. The second kappa shape index (κ2) is 8.63. The standard InChI is InChI=1S/C25H28N2O3S/c1-17(18-9-6-5-7-10-18)24-21(13-14-23(27-24)25(2,3)4)22(28)16-31(29,30)20-12-8-11-19(26)15-20/h5-15,17H,16,26H2,1-4H3. The van der Waals surface area contributed by atoms with Gasteiger partial charge < -0.3 is 5.73 Å². The number of sulfone groups is 1. The van der Waals surface area contributed by atoms with Crippen molar-refractivity contribution >= 4 is 21.3 Å². The van der Waals surface area contributed by atoms with Crippen LogP contribution in [0.15, 0.2) is 71.6 Å². The van der Waals surface area contributed by atoms with Crippen molar-refractivity contribution in [3.63, 3.8) is 0 Å². The van der Waals surface area contributed by atoms with E-state index in [1.54, 1.807) is 18.2 Å². The van der Waals surface area contributed by atoms with E-state index in [-0.39, 0.29) is 16.2 Å². The van der Waals surface area contributed by atoms with Crippen LogP contribution in [0.2, 0.25) is 0 Å². The van der Waals surface area contributed by atoms with Crippen LogP contribution in [-0.4, -0.2) is 24.9 Å². The number of ketones is 1. The molecule has 0 amide bonds. The predicted octanol–water partition coefficient (Wildman–Crippen LogP) is 4.77. The van der Waals surface area contributed by atoms with Gasteiger partial charge in [0, 0.05) is 28.3 Å². The molecular weight excluding hydrogens is 408 g/mol. The average Bonchev–Trinajstić information content (AvgIpc) is 2.72. The quantitative estimate of drug-likeness (QED) is 0.444. The van der Waals surface area contributed by atoms with Crippen LogP contribution in [0.4, 0.5) is 5.69 Å². The molecule has 0 bridgehead atoms. The normalized spacial score (nSPS) is 13.0. The fraction of sp³-hybridized carbons (Fsp3) is 0.280. The van der Waals surface area contributed by atoms with Gasteiger partial charge in [0.25, 0.3) is 0 Å². The summed E-state index contributed by atoms with van der Waals surface area (Å²) in [5.74, 6) is -1.28. The maximum atomic E-state index is 13.2. The number of hydrogen-bond donors (Lipinski definition) is 1. The molecule has 3 rings (SSSR count). The largest absolute Gasteiger partial charge is 0.399 e. The Morgan fingerprint density at radius 1 is 1.00 bits per heavy atom. The third kappa shape index (κ3) is 5.20. The number of carbonyl (C=O) groups excluding carboxylic acids is 1. The highest BCUT2D eigenvalue weighted by Crippen LogP contribution is 2.30. The second-order valence-electron chi connectivity index (χ2n) is 8.77. The lowest BCUT2D eigenvalue weighted by Gasteiger charge is -2.22. The summed E-state index contributed by atoms with van der Waals surface area (Å²) in [6, 6.07) is 19.3. The van der Waals surface area contributed by atoms with Gasteiger partial charge in [-0.1, -0.05) is 64.1 Å². The van der Waals surface area contributed by atoms with Gasteiger partial charge in [-0.2, -0.15) is 0 Å². The van der Waals surface area contributed by atoms with E-state index in [1.165, 1.54) is 12.1 Å². The van der Waals surface area contributed by atoms with E-state index in [0.717, 1.165) is 11.3 Å². The Morgan fingerprint density at radius 2 is 1.68 bits per heavy atom. The average molecular weight is 437 g/mol. The molecule has 1 heterocycles. The number of aromatic nitrogens is 1. The van der Waals surface area contributed by atoms with Gasteiger partial charge in [0.15, 0.2) is 15.6 Å². The molecule has 1 unspecified atom stereocenters. The van der Waals surface area contributed by atoms with Crippen LogP contribution in [0.25, 0.3) is 0 Å². The zero-order chi connectivity index (χ0) is 22.8. The number of rotatable bonds is 6. The molecular formula is C25H28N2O3S. The van der Waals surface area contributed by atoms with Gasteiger partial charge in [-0.15, -0.1) is 0 Å². The monoisotopic (exact) mass is 436 g/mol. The highest BCUT2D eigenvalue weighted by atomic mass is 32.2. The Labute approximate surface area is 184 Å². The predicted molar refractivity (Wildman–Crippen MR) is 124 cm³/mol. The van der Waals surface area contributed by atoms with E-state index < -0.39 is 21.4 Å². The molecule has 0 fully saturated rings. The van der Waals surface area contributed by atoms with Crippen LogP contribution in [0.1, 0.15) is 60.9 Å². The van der Waals surface area contributed by atoms with E-state index in [0.29, 0.717) is 16.9 Å². The number of nitrogens with two attached hydrogens (primary N) is 1. The summed E-state index contributed by atoms with van der Waals surface area (Å²) in [6.07, 6.45) is 0. The Balaban J connectivity index is 2.04. The van der Waals surface area contributed by atoms with E-state index in [4.69, 9.17) is 10.7 Å². The molecule has 6 heteroatoms. The second-order valence-corrected chi connectivity index (χ2v) is 10.8. The molecule has 0 radical (unpaired) electrons. The topological polar surface area (TPSA) is 90.1 Å². The Bertz CT molecular complexity index is 1200. The third-order valence-corrected chi connectivity index (χ3v) is 6.86. The van der Waals surface area contributed by atoms with Crippen molar-refractivity contribution in [1.29, 1.82) is 0 Å². The minimum Gasteiger partial charge on any atom is -0.399 e. The number of pyridine rings is 1. The Kier molecular flexibility index (Phi) is 6.32. The molecule has 0 aliphatic heterocycles. The van der Waals surface area contributed by atoms with Crippen LogP contribution >= 0.6 is 0 Å². The van der Waals surface area contributed by atoms with Crippen LogP contribution < -0.4 is 5.73 Å². The molecule has 2 aromatic carbocycles. The Hall–Kier alpha value is -2.99. The fourth-order valence-electron chi connectivity index (χ4n) is 3.40. The van der Waals surface area contributed by atoms with E-state index >= 15 is 0 Å². The number of benzene rings is 2. The molecule has 0 aliphatic carbocycles. The number of nitrogens with zero attached hydrogens (tertiary/aromatic N) is 1. The van der Waals surface area contributed by atoms with Crippen molar-refractivity contribution in [3.05, 3.63) is 89.2 Å².